The number of rotatable bonds is 5. The first-order chi connectivity index (χ1) is 8.09. The first-order valence-electron chi connectivity index (χ1n) is 5.02. The monoisotopic (exact) mass is 274 g/mol. The van der Waals surface area contributed by atoms with Crippen LogP contribution < -0.4 is 11.1 Å². The maximum Gasteiger partial charge on any atom is 0.407 e. The molecule has 1 rings (SSSR count). The van der Waals surface area contributed by atoms with Crippen molar-refractivity contribution in [3.63, 3.8) is 0 Å². The van der Waals surface area contributed by atoms with E-state index in [0.717, 1.165) is 5.56 Å². The highest BCUT2D eigenvalue weighted by Gasteiger charge is 2.12. The van der Waals surface area contributed by atoms with Crippen LogP contribution in [-0.2, 0) is 16.1 Å². The van der Waals surface area contributed by atoms with Crippen molar-refractivity contribution >= 4 is 24.5 Å². The molecule has 18 heavy (non-hydrogen) atoms. The first kappa shape index (κ1) is 16.2. The first-order valence-corrected chi connectivity index (χ1v) is 5.02. The number of nitrogens with two attached hydrogens (primary N) is 1. The van der Waals surface area contributed by atoms with Gasteiger partial charge in [0.1, 0.15) is 12.6 Å². The van der Waals surface area contributed by atoms with Crippen LogP contribution in [0.1, 0.15) is 5.56 Å². The molecular formula is C11H15ClN2O4. The third-order valence-electron chi connectivity index (χ3n) is 2.00. The summed E-state index contributed by atoms with van der Waals surface area (Å²) in [5.41, 5.74) is 6.05. The second-order valence-electron chi connectivity index (χ2n) is 3.39. The molecule has 0 aliphatic carbocycles. The Bertz CT molecular complexity index is 386. The summed E-state index contributed by atoms with van der Waals surface area (Å²) in [6, 6.07) is 8.02. The van der Waals surface area contributed by atoms with Gasteiger partial charge < -0.3 is 20.9 Å². The number of benzene rings is 1. The number of nitrogens with one attached hydrogen (secondary N) is 1. The van der Waals surface area contributed by atoms with E-state index in [1.165, 1.54) is 0 Å². The summed E-state index contributed by atoms with van der Waals surface area (Å²) in [6.45, 7) is -0.0298. The van der Waals surface area contributed by atoms with Crippen molar-refractivity contribution in [2.45, 2.75) is 12.6 Å². The Hall–Kier alpha value is -1.79. The number of hydrogen-bond acceptors (Lipinski definition) is 4. The zero-order valence-corrected chi connectivity index (χ0v) is 10.4. The van der Waals surface area contributed by atoms with Crippen LogP contribution in [-0.4, -0.2) is 29.8 Å². The number of amides is 1. The van der Waals surface area contributed by atoms with Crippen LogP contribution in [0.5, 0.6) is 0 Å². The smallest absolute Gasteiger partial charge is 0.407 e. The molecule has 1 aromatic rings. The highest BCUT2D eigenvalue weighted by atomic mass is 35.5. The number of ether oxygens (including phenoxy) is 1. The Balaban J connectivity index is 0.00000289. The second kappa shape index (κ2) is 8.32. The molecule has 4 N–H and O–H groups in total. The quantitative estimate of drug-likeness (QED) is 0.735. The van der Waals surface area contributed by atoms with Crippen molar-refractivity contribution in [2.75, 3.05) is 6.54 Å². The molecule has 1 aromatic carbocycles. The van der Waals surface area contributed by atoms with Gasteiger partial charge in [-0.1, -0.05) is 30.3 Å². The van der Waals surface area contributed by atoms with Crippen molar-refractivity contribution in [1.29, 1.82) is 0 Å². The number of hydrogen-bond donors (Lipinski definition) is 3. The van der Waals surface area contributed by atoms with E-state index in [-0.39, 0.29) is 25.6 Å². The largest absolute Gasteiger partial charge is 0.480 e. The Kier molecular flexibility index (Phi) is 7.50. The number of alkyl carbamates (subject to hydrolysis) is 1. The molecule has 1 unspecified atom stereocenters. The van der Waals surface area contributed by atoms with Gasteiger partial charge in [-0.15, -0.1) is 12.4 Å². The van der Waals surface area contributed by atoms with Crippen LogP contribution in [0.4, 0.5) is 4.79 Å². The van der Waals surface area contributed by atoms with Gasteiger partial charge in [-0.3, -0.25) is 4.79 Å². The summed E-state index contributed by atoms with van der Waals surface area (Å²) in [5, 5.41) is 10.8. The zero-order valence-electron chi connectivity index (χ0n) is 9.54. The summed E-state index contributed by atoms with van der Waals surface area (Å²) < 4.78 is 4.86. The molecule has 0 saturated heterocycles. The number of carbonyl (C=O) groups excluding carboxylic acids is 1. The number of halogens is 1. The SMILES string of the molecule is Cl.NC(CNC(=O)OCc1ccccc1)C(=O)O. The Morgan fingerprint density at radius 3 is 2.50 bits per heavy atom. The highest BCUT2D eigenvalue weighted by molar-refractivity contribution is 5.85. The van der Waals surface area contributed by atoms with Gasteiger partial charge in [0, 0.05) is 6.54 Å². The third kappa shape index (κ3) is 6.07. The fourth-order valence-electron chi connectivity index (χ4n) is 1.05. The van der Waals surface area contributed by atoms with Crippen LogP contribution in [0.3, 0.4) is 0 Å². The van der Waals surface area contributed by atoms with E-state index in [1.807, 2.05) is 30.3 Å². The zero-order chi connectivity index (χ0) is 12.7. The maximum absolute atomic E-state index is 11.2. The Morgan fingerprint density at radius 1 is 1.33 bits per heavy atom. The van der Waals surface area contributed by atoms with Gasteiger partial charge >= 0.3 is 12.1 Å². The standard InChI is InChI=1S/C11H14N2O4.ClH/c12-9(10(14)15)6-13-11(16)17-7-8-4-2-1-3-5-8;/h1-5,9H,6-7,12H2,(H,13,16)(H,14,15);1H. The minimum atomic E-state index is -1.17. The molecule has 0 bridgehead atoms. The Labute approximate surface area is 111 Å². The molecule has 0 heterocycles. The van der Waals surface area contributed by atoms with Crippen LogP contribution >= 0.6 is 12.4 Å². The molecule has 0 spiro atoms. The van der Waals surface area contributed by atoms with E-state index in [4.69, 9.17) is 15.6 Å². The molecule has 0 aliphatic heterocycles. The summed E-state index contributed by atoms with van der Waals surface area (Å²) in [7, 11) is 0. The predicted molar refractivity (Wildman–Crippen MR) is 67.5 cm³/mol. The average Bonchev–Trinajstić information content (AvgIpc) is 2.34. The molecular weight excluding hydrogens is 260 g/mol. The van der Waals surface area contributed by atoms with Crippen molar-refractivity contribution < 1.29 is 19.4 Å². The molecule has 0 aliphatic rings. The van der Waals surface area contributed by atoms with E-state index in [9.17, 15) is 9.59 Å². The molecule has 100 valence electrons. The van der Waals surface area contributed by atoms with Crippen molar-refractivity contribution in [3.05, 3.63) is 35.9 Å². The van der Waals surface area contributed by atoms with Gasteiger partial charge in [-0.05, 0) is 5.56 Å². The van der Waals surface area contributed by atoms with E-state index in [0.29, 0.717) is 0 Å². The van der Waals surface area contributed by atoms with E-state index in [1.54, 1.807) is 0 Å². The van der Waals surface area contributed by atoms with E-state index in [2.05, 4.69) is 5.32 Å². The molecule has 1 atom stereocenters. The van der Waals surface area contributed by atoms with Gasteiger partial charge in [-0.2, -0.15) is 0 Å². The molecule has 6 nitrogen and oxygen atoms in total. The van der Waals surface area contributed by atoms with Gasteiger partial charge in [0.25, 0.3) is 0 Å². The van der Waals surface area contributed by atoms with Crippen LogP contribution in [0.2, 0.25) is 0 Å². The van der Waals surface area contributed by atoms with Gasteiger partial charge in [0.2, 0.25) is 0 Å². The minimum absolute atomic E-state index is 0. The van der Waals surface area contributed by atoms with Crippen molar-refractivity contribution in [1.82, 2.24) is 5.32 Å². The molecule has 0 aromatic heterocycles. The molecule has 0 saturated carbocycles. The van der Waals surface area contributed by atoms with Crippen LogP contribution in [0.15, 0.2) is 30.3 Å². The van der Waals surface area contributed by atoms with Crippen LogP contribution in [0.25, 0.3) is 0 Å². The molecule has 1 amide bonds. The summed E-state index contributed by atoms with van der Waals surface area (Å²) in [5.74, 6) is -1.17. The van der Waals surface area contributed by atoms with E-state index < -0.39 is 18.1 Å². The average molecular weight is 275 g/mol. The highest BCUT2D eigenvalue weighted by Crippen LogP contribution is 2.00. The van der Waals surface area contributed by atoms with E-state index >= 15 is 0 Å². The fraction of sp³-hybridized carbons (Fsp3) is 0.273. The second-order valence-corrected chi connectivity index (χ2v) is 3.39. The topological polar surface area (TPSA) is 102 Å². The Morgan fingerprint density at radius 2 is 1.94 bits per heavy atom. The van der Waals surface area contributed by atoms with Crippen LogP contribution in [0, 0.1) is 0 Å². The number of carbonyl (C=O) groups is 2. The number of aliphatic carboxylic acids is 1. The predicted octanol–water partition coefficient (Wildman–Crippen LogP) is 0.746. The normalized spacial score (nSPS) is 10.9. The number of carboxylic acids is 1. The lowest BCUT2D eigenvalue weighted by Crippen LogP contribution is -2.42. The number of carboxylic acid groups (broad SMARTS) is 1. The van der Waals surface area contributed by atoms with Gasteiger partial charge in [-0.25, -0.2) is 4.79 Å². The maximum atomic E-state index is 11.2. The molecule has 0 radical (unpaired) electrons. The van der Waals surface area contributed by atoms with Gasteiger partial charge in [0.05, 0.1) is 0 Å². The van der Waals surface area contributed by atoms with Gasteiger partial charge in [0.15, 0.2) is 0 Å². The van der Waals surface area contributed by atoms with Crippen molar-refractivity contribution in [2.24, 2.45) is 5.73 Å². The fourth-order valence-corrected chi connectivity index (χ4v) is 1.05. The lowest BCUT2D eigenvalue weighted by molar-refractivity contribution is -0.138. The minimum Gasteiger partial charge on any atom is -0.480 e. The molecule has 7 heteroatoms. The van der Waals surface area contributed by atoms with Crippen molar-refractivity contribution in [3.8, 4) is 0 Å². The lowest BCUT2D eigenvalue weighted by Gasteiger charge is -2.09. The molecule has 0 fully saturated rings. The summed E-state index contributed by atoms with van der Waals surface area (Å²) in [6.07, 6.45) is -0.689. The third-order valence-corrected chi connectivity index (χ3v) is 2.00. The summed E-state index contributed by atoms with van der Waals surface area (Å²) in [4.78, 5) is 21.5. The summed E-state index contributed by atoms with van der Waals surface area (Å²) >= 11 is 0. The lowest BCUT2D eigenvalue weighted by atomic mass is 10.2.